The highest BCUT2D eigenvalue weighted by Gasteiger charge is 2.20. The van der Waals surface area contributed by atoms with Gasteiger partial charge in [0.2, 0.25) is 10.0 Å². The maximum absolute atomic E-state index is 12.5. The highest BCUT2D eigenvalue weighted by Crippen LogP contribution is 2.18. The Hall–Kier alpha value is -2.25. The molecule has 0 amide bonds. The molecule has 0 saturated heterocycles. The van der Waals surface area contributed by atoms with Gasteiger partial charge in [0.25, 0.3) is 0 Å². The number of rotatable bonds is 7. The molecule has 0 aliphatic heterocycles. The van der Waals surface area contributed by atoms with E-state index in [2.05, 4.69) is 4.72 Å². The van der Waals surface area contributed by atoms with E-state index in [0.29, 0.717) is 6.42 Å². The number of nitrogens with two attached hydrogens (primary N) is 1. The van der Waals surface area contributed by atoms with Crippen molar-refractivity contribution in [2.45, 2.75) is 23.5 Å². The molecular weight excluding hydrogens is 348 g/mol. The lowest BCUT2D eigenvalue weighted by Gasteiger charge is -2.19. The second-order valence-electron chi connectivity index (χ2n) is 6.28. The van der Waals surface area contributed by atoms with Gasteiger partial charge in [-0.2, -0.15) is 0 Å². The largest absolute Gasteiger partial charge is 0.390 e. The van der Waals surface area contributed by atoms with Gasteiger partial charge in [0.15, 0.2) is 0 Å². The first kappa shape index (κ1) is 18.5. The Balaban J connectivity index is 1.65. The quantitative estimate of drug-likeness (QED) is 0.593. The number of aliphatic hydroxyl groups is 1. The van der Waals surface area contributed by atoms with Crippen molar-refractivity contribution >= 4 is 20.8 Å². The molecule has 5 nitrogen and oxygen atoms in total. The predicted octanol–water partition coefficient (Wildman–Crippen LogP) is 2.05. The van der Waals surface area contributed by atoms with Crippen LogP contribution in [0.1, 0.15) is 5.56 Å². The number of hydrogen-bond donors (Lipinski definition) is 3. The van der Waals surface area contributed by atoms with E-state index in [9.17, 15) is 13.5 Å². The Morgan fingerprint density at radius 2 is 1.58 bits per heavy atom. The minimum Gasteiger partial charge on any atom is -0.390 e. The molecular formula is C20H22N2O3S. The van der Waals surface area contributed by atoms with E-state index in [1.54, 1.807) is 18.2 Å². The molecule has 2 unspecified atom stereocenters. The van der Waals surface area contributed by atoms with Crippen LogP contribution in [0.3, 0.4) is 0 Å². The first-order chi connectivity index (χ1) is 12.5. The Morgan fingerprint density at radius 1 is 0.923 bits per heavy atom. The third-order valence-electron chi connectivity index (χ3n) is 4.32. The van der Waals surface area contributed by atoms with Crippen LogP contribution in [0.25, 0.3) is 10.8 Å². The number of aliphatic hydroxyl groups excluding tert-OH is 1. The number of benzene rings is 3. The molecule has 0 heterocycles. The minimum atomic E-state index is -3.72. The van der Waals surface area contributed by atoms with E-state index in [1.165, 1.54) is 0 Å². The van der Waals surface area contributed by atoms with Gasteiger partial charge in [-0.25, -0.2) is 13.1 Å². The Labute approximate surface area is 153 Å². The summed E-state index contributed by atoms with van der Waals surface area (Å²) in [6, 6.07) is 21.5. The summed E-state index contributed by atoms with van der Waals surface area (Å²) < 4.78 is 27.4. The van der Waals surface area contributed by atoms with Gasteiger partial charge in [0.1, 0.15) is 0 Å². The number of hydrogen-bond acceptors (Lipinski definition) is 4. The molecule has 3 aromatic rings. The van der Waals surface area contributed by atoms with E-state index < -0.39 is 22.2 Å². The van der Waals surface area contributed by atoms with Crippen molar-refractivity contribution in [3.05, 3.63) is 78.4 Å². The van der Waals surface area contributed by atoms with Crippen LogP contribution in [-0.4, -0.2) is 32.2 Å². The molecule has 0 aliphatic carbocycles. The summed E-state index contributed by atoms with van der Waals surface area (Å²) in [6.07, 6.45) is -0.509. The van der Waals surface area contributed by atoms with E-state index in [1.807, 2.05) is 54.6 Å². The Morgan fingerprint density at radius 3 is 2.31 bits per heavy atom. The van der Waals surface area contributed by atoms with Crippen molar-refractivity contribution < 1.29 is 13.5 Å². The van der Waals surface area contributed by atoms with E-state index in [4.69, 9.17) is 5.73 Å². The maximum Gasteiger partial charge on any atom is 0.240 e. The van der Waals surface area contributed by atoms with Crippen LogP contribution in [0.4, 0.5) is 0 Å². The number of nitrogens with one attached hydrogen (secondary N) is 1. The summed E-state index contributed by atoms with van der Waals surface area (Å²) in [5, 5.41) is 12.0. The van der Waals surface area contributed by atoms with Gasteiger partial charge in [0.05, 0.1) is 11.0 Å². The Bertz CT molecular complexity index is 975. The fourth-order valence-corrected chi connectivity index (χ4v) is 3.87. The van der Waals surface area contributed by atoms with E-state index >= 15 is 0 Å². The lowest BCUT2D eigenvalue weighted by atomic mass is 10.0. The third-order valence-corrected chi connectivity index (χ3v) is 5.74. The highest BCUT2D eigenvalue weighted by atomic mass is 32.2. The third kappa shape index (κ3) is 4.47. The molecule has 6 heteroatoms. The maximum atomic E-state index is 12.5. The Kier molecular flexibility index (Phi) is 5.68. The van der Waals surface area contributed by atoms with Gasteiger partial charge in [-0.1, -0.05) is 60.7 Å². The SMILES string of the molecule is NC(Cc1ccccc1)C(O)CNS(=O)(=O)c1ccc2ccccc2c1. The summed E-state index contributed by atoms with van der Waals surface area (Å²) in [6.45, 7) is -0.136. The monoisotopic (exact) mass is 370 g/mol. The molecule has 26 heavy (non-hydrogen) atoms. The fourth-order valence-electron chi connectivity index (χ4n) is 2.79. The van der Waals surface area contributed by atoms with Crippen LogP contribution in [0.2, 0.25) is 0 Å². The topological polar surface area (TPSA) is 92.4 Å². The second kappa shape index (κ2) is 7.97. The highest BCUT2D eigenvalue weighted by molar-refractivity contribution is 7.89. The summed E-state index contributed by atoms with van der Waals surface area (Å²) in [5.74, 6) is 0. The van der Waals surface area contributed by atoms with E-state index in [-0.39, 0.29) is 11.4 Å². The van der Waals surface area contributed by atoms with Crippen LogP contribution >= 0.6 is 0 Å². The van der Waals surface area contributed by atoms with Crippen molar-refractivity contribution in [3.8, 4) is 0 Å². The molecule has 0 bridgehead atoms. The van der Waals surface area contributed by atoms with Crippen molar-refractivity contribution in [1.82, 2.24) is 4.72 Å². The lowest BCUT2D eigenvalue weighted by Crippen LogP contribution is -2.44. The molecule has 2 atom stereocenters. The molecule has 3 aromatic carbocycles. The molecule has 3 rings (SSSR count). The molecule has 0 saturated carbocycles. The lowest BCUT2D eigenvalue weighted by molar-refractivity contribution is 0.148. The van der Waals surface area contributed by atoms with Crippen molar-refractivity contribution in [3.63, 3.8) is 0 Å². The molecule has 0 aromatic heterocycles. The number of fused-ring (bicyclic) bond motifs is 1. The van der Waals surface area contributed by atoms with Gasteiger partial charge < -0.3 is 10.8 Å². The van der Waals surface area contributed by atoms with Gasteiger partial charge in [-0.05, 0) is 34.9 Å². The zero-order valence-corrected chi connectivity index (χ0v) is 15.1. The molecule has 0 aliphatic rings. The van der Waals surface area contributed by atoms with Crippen LogP contribution < -0.4 is 10.5 Å². The minimum absolute atomic E-state index is 0.136. The summed E-state index contributed by atoms with van der Waals surface area (Å²) in [5.41, 5.74) is 7.00. The molecule has 136 valence electrons. The zero-order chi connectivity index (χ0) is 18.6. The van der Waals surface area contributed by atoms with Gasteiger partial charge in [-0.15, -0.1) is 0 Å². The van der Waals surface area contributed by atoms with Crippen LogP contribution in [0, 0.1) is 0 Å². The van der Waals surface area contributed by atoms with Crippen molar-refractivity contribution in [2.75, 3.05) is 6.54 Å². The summed E-state index contributed by atoms with van der Waals surface area (Å²) in [4.78, 5) is 0.167. The standard InChI is InChI=1S/C20H22N2O3S/c21-19(12-15-6-2-1-3-7-15)20(23)14-22-26(24,25)18-11-10-16-8-4-5-9-17(16)13-18/h1-11,13,19-20,22-23H,12,14,21H2. The first-order valence-electron chi connectivity index (χ1n) is 8.42. The second-order valence-corrected chi connectivity index (χ2v) is 8.05. The molecule has 0 radical (unpaired) electrons. The summed E-state index contributed by atoms with van der Waals surface area (Å²) in [7, 11) is -3.72. The molecule has 0 fully saturated rings. The van der Waals surface area contributed by atoms with Crippen LogP contribution in [0.5, 0.6) is 0 Å². The number of sulfonamides is 1. The predicted molar refractivity (Wildman–Crippen MR) is 103 cm³/mol. The first-order valence-corrected chi connectivity index (χ1v) is 9.90. The van der Waals surface area contributed by atoms with Crippen LogP contribution in [0.15, 0.2) is 77.7 Å². The van der Waals surface area contributed by atoms with Gasteiger partial charge in [0, 0.05) is 12.6 Å². The molecule has 0 spiro atoms. The van der Waals surface area contributed by atoms with Gasteiger partial charge >= 0.3 is 0 Å². The zero-order valence-electron chi connectivity index (χ0n) is 14.2. The molecule has 4 N–H and O–H groups in total. The van der Waals surface area contributed by atoms with Gasteiger partial charge in [-0.3, -0.25) is 0 Å². The van der Waals surface area contributed by atoms with Crippen LogP contribution in [-0.2, 0) is 16.4 Å². The van der Waals surface area contributed by atoms with E-state index in [0.717, 1.165) is 16.3 Å². The fraction of sp³-hybridized carbons (Fsp3) is 0.200. The summed E-state index contributed by atoms with van der Waals surface area (Å²) >= 11 is 0. The van der Waals surface area contributed by atoms with Crippen molar-refractivity contribution in [1.29, 1.82) is 0 Å². The normalized spacial score (nSPS) is 14.2. The smallest absolute Gasteiger partial charge is 0.240 e. The van der Waals surface area contributed by atoms with Crippen molar-refractivity contribution in [2.24, 2.45) is 5.73 Å². The average Bonchev–Trinajstić information content (AvgIpc) is 2.66. The average molecular weight is 370 g/mol.